The summed E-state index contributed by atoms with van der Waals surface area (Å²) in [5, 5.41) is 0. The average Bonchev–Trinajstić information content (AvgIpc) is 2.56. The minimum atomic E-state index is 0.220. The van der Waals surface area contributed by atoms with E-state index in [0.717, 1.165) is 12.3 Å². The highest BCUT2D eigenvalue weighted by Gasteiger charge is 2.44. The first kappa shape index (κ1) is 11.1. The van der Waals surface area contributed by atoms with Gasteiger partial charge in [-0.3, -0.25) is 9.69 Å². The molecule has 2 rings (SSSR count). The molecule has 0 bridgehead atoms. The lowest BCUT2D eigenvalue weighted by molar-refractivity contribution is -0.122. The topological polar surface area (TPSA) is 20.3 Å². The van der Waals surface area contributed by atoms with Crippen LogP contribution < -0.4 is 0 Å². The summed E-state index contributed by atoms with van der Waals surface area (Å²) in [5.74, 6) is 1.17. The predicted molar refractivity (Wildman–Crippen MR) is 61.8 cm³/mol. The average molecular weight is 209 g/mol. The first-order chi connectivity index (χ1) is 7.11. The van der Waals surface area contributed by atoms with Gasteiger partial charge in [0, 0.05) is 12.1 Å². The smallest absolute Gasteiger partial charge is 0.146 e. The lowest BCUT2D eigenvalue weighted by Gasteiger charge is -2.36. The van der Waals surface area contributed by atoms with Crippen LogP contribution in [0, 0.1) is 5.92 Å². The lowest BCUT2D eigenvalue weighted by atomic mass is 9.84. The van der Waals surface area contributed by atoms with Gasteiger partial charge in [-0.25, -0.2) is 0 Å². The molecule has 0 aromatic carbocycles. The molecule has 15 heavy (non-hydrogen) atoms. The molecule has 0 unspecified atom stereocenters. The number of hydrogen-bond donors (Lipinski definition) is 0. The minimum absolute atomic E-state index is 0.220. The number of ketones is 1. The van der Waals surface area contributed by atoms with Crippen molar-refractivity contribution in [3.05, 3.63) is 0 Å². The Morgan fingerprint density at radius 3 is 2.53 bits per heavy atom. The molecule has 0 aromatic rings. The van der Waals surface area contributed by atoms with Gasteiger partial charge in [0.05, 0.1) is 6.04 Å². The number of Topliss-reactive ketones (excluding diaryl/α,β-unsaturated/α-hetero) is 1. The monoisotopic (exact) mass is 209 g/mol. The van der Waals surface area contributed by atoms with Crippen molar-refractivity contribution < 1.29 is 4.79 Å². The maximum absolute atomic E-state index is 11.7. The van der Waals surface area contributed by atoms with Crippen molar-refractivity contribution in [2.45, 2.75) is 71.0 Å². The van der Waals surface area contributed by atoms with Gasteiger partial charge in [-0.05, 0) is 46.0 Å². The highest BCUT2D eigenvalue weighted by Crippen LogP contribution is 2.40. The number of rotatable bonds is 2. The Morgan fingerprint density at radius 2 is 1.93 bits per heavy atom. The number of carbonyl (C=O) groups is 1. The number of likely N-dealkylation sites (tertiary alicyclic amines) is 1. The molecule has 0 radical (unpaired) electrons. The third-order valence-corrected chi connectivity index (χ3v) is 4.20. The summed E-state index contributed by atoms with van der Waals surface area (Å²) in [6, 6.07) is 1.44. The normalized spacial score (nSPS) is 36.9. The molecule has 2 aliphatic rings. The van der Waals surface area contributed by atoms with Crippen LogP contribution in [-0.4, -0.2) is 28.8 Å². The van der Waals surface area contributed by atoms with Gasteiger partial charge in [-0.15, -0.1) is 0 Å². The molecule has 2 fully saturated rings. The zero-order valence-electron chi connectivity index (χ0n) is 10.2. The molecule has 1 saturated heterocycles. The fourth-order valence-electron chi connectivity index (χ4n) is 3.61. The van der Waals surface area contributed by atoms with Gasteiger partial charge >= 0.3 is 0 Å². The summed E-state index contributed by atoms with van der Waals surface area (Å²) < 4.78 is 0. The Bertz CT molecular complexity index is 249. The second-order valence-corrected chi connectivity index (χ2v) is 5.51. The summed E-state index contributed by atoms with van der Waals surface area (Å²) in [5.41, 5.74) is 0. The van der Waals surface area contributed by atoms with Crippen molar-refractivity contribution in [1.29, 1.82) is 0 Å². The number of hydrogen-bond acceptors (Lipinski definition) is 2. The van der Waals surface area contributed by atoms with Crippen LogP contribution in [-0.2, 0) is 4.79 Å². The predicted octanol–water partition coefficient (Wildman–Crippen LogP) is 2.62. The van der Waals surface area contributed by atoms with Gasteiger partial charge in [0.1, 0.15) is 5.78 Å². The molecular formula is C13H23NO. The molecule has 2 heteroatoms. The summed E-state index contributed by atoms with van der Waals surface area (Å²) >= 11 is 0. The maximum Gasteiger partial charge on any atom is 0.146 e. The summed E-state index contributed by atoms with van der Waals surface area (Å²) in [6.45, 7) is 6.22. The molecule has 0 aromatic heterocycles. The van der Waals surface area contributed by atoms with Crippen molar-refractivity contribution in [2.24, 2.45) is 5.92 Å². The van der Waals surface area contributed by atoms with Crippen LogP contribution in [0.5, 0.6) is 0 Å². The highest BCUT2D eigenvalue weighted by atomic mass is 16.1. The molecule has 0 spiro atoms. The first-order valence-corrected chi connectivity index (χ1v) is 6.39. The maximum atomic E-state index is 11.7. The van der Waals surface area contributed by atoms with E-state index in [-0.39, 0.29) is 6.04 Å². The molecule has 0 amide bonds. The Kier molecular flexibility index (Phi) is 3.15. The quantitative estimate of drug-likeness (QED) is 0.697. The van der Waals surface area contributed by atoms with E-state index in [1.165, 1.54) is 25.7 Å². The molecular weight excluding hydrogens is 186 g/mol. The Hall–Kier alpha value is -0.370. The zero-order valence-corrected chi connectivity index (χ0v) is 10.2. The highest BCUT2D eigenvalue weighted by molar-refractivity contribution is 5.81. The van der Waals surface area contributed by atoms with E-state index in [4.69, 9.17) is 0 Å². The Balaban J connectivity index is 2.17. The van der Waals surface area contributed by atoms with Gasteiger partial charge in [0.25, 0.3) is 0 Å². The van der Waals surface area contributed by atoms with Crippen LogP contribution in [0.1, 0.15) is 52.9 Å². The second-order valence-electron chi connectivity index (χ2n) is 5.51. The van der Waals surface area contributed by atoms with Crippen LogP contribution in [0.15, 0.2) is 0 Å². The van der Waals surface area contributed by atoms with Crippen LogP contribution in [0.3, 0.4) is 0 Å². The van der Waals surface area contributed by atoms with E-state index < -0.39 is 0 Å². The van der Waals surface area contributed by atoms with Gasteiger partial charge < -0.3 is 0 Å². The lowest BCUT2D eigenvalue weighted by Crippen LogP contribution is -2.45. The zero-order chi connectivity index (χ0) is 11.0. The molecule has 0 N–H and O–H groups in total. The van der Waals surface area contributed by atoms with E-state index in [0.29, 0.717) is 17.9 Å². The van der Waals surface area contributed by atoms with Crippen molar-refractivity contribution in [3.63, 3.8) is 0 Å². The fourth-order valence-corrected chi connectivity index (χ4v) is 3.61. The molecule has 86 valence electrons. The molecule has 1 aliphatic heterocycles. The second kappa shape index (κ2) is 4.25. The minimum Gasteiger partial charge on any atom is -0.298 e. The van der Waals surface area contributed by atoms with Crippen LogP contribution in [0.25, 0.3) is 0 Å². The van der Waals surface area contributed by atoms with Crippen molar-refractivity contribution in [2.75, 3.05) is 0 Å². The van der Waals surface area contributed by atoms with E-state index in [1.54, 1.807) is 6.92 Å². The molecule has 3 atom stereocenters. The van der Waals surface area contributed by atoms with Gasteiger partial charge in [0.15, 0.2) is 0 Å². The van der Waals surface area contributed by atoms with E-state index in [9.17, 15) is 4.79 Å². The first-order valence-electron chi connectivity index (χ1n) is 6.39. The van der Waals surface area contributed by atoms with Crippen molar-refractivity contribution in [3.8, 4) is 0 Å². The molecule has 2 nitrogen and oxygen atoms in total. The van der Waals surface area contributed by atoms with Crippen LogP contribution in [0.2, 0.25) is 0 Å². The Morgan fingerprint density at radius 1 is 1.27 bits per heavy atom. The van der Waals surface area contributed by atoms with Crippen molar-refractivity contribution >= 4 is 5.78 Å². The Labute approximate surface area is 93.0 Å². The van der Waals surface area contributed by atoms with Gasteiger partial charge in [-0.2, -0.15) is 0 Å². The van der Waals surface area contributed by atoms with Crippen LogP contribution >= 0.6 is 0 Å². The van der Waals surface area contributed by atoms with Gasteiger partial charge in [-0.1, -0.05) is 12.8 Å². The SMILES string of the molecule is CC(=O)[C@@H]1C[C@@H]2CCCC[C@@H]2N1C(C)C. The van der Waals surface area contributed by atoms with Gasteiger partial charge in [0.2, 0.25) is 0 Å². The summed E-state index contributed by atoms with van der Waals surface area (Å²) in [7, 11) is 0. The number of nitrogens with zero attached hydrogens (tertiary/aromatic N) is 1. The molecule has 1 aliphatic carbocycles. The van der Waals surface area contributed by atoms with Crippen LogP contribution in [0.4, 0.5) is 0 Å². The third kappa shape index (κ3) is 1.96. The summed E-state index contributed by atoms with van der Waals surface area (Å²) in [6.07, 6.45) is 6.51. The fraction of sp³-hybridized carbons (Fsp3) is 0.923. The van der Waals surface area contributed by atoms with E-state index in [1.807, 2.05) is 0 Å². The van der Waals surface area contributed by atoms with Crippen molar-refractivity contribution in [1.82, 2.24) is 4.90 Å². The summed E-state index contributed by atoms with van der Waals surface area (Å²) in [4.78, 5) is 14.2. The molecule has 1 heterocycles. The number of carbonyl (C=O) groups excluding carboxylic acids is 1. The molecule has 1 saturated carbocycles. The largest absolute Gasteiger partial charge is 0.298 e. The third-order valence-electron chi connectivity index (χ3n) is 4.20. The van der Waals surface area contributed by atoms with E-state index in [2.05, 4.69) is 18.7 Å². The standard InChI is InChI=1S/C13H23NO/c1-9(2)14-12-7-5-4-6-11(12)8-13(14)10(3)15/h9,11-13H,4-8H2,1-3H3/t11-,12-,13-/m0/s1. The van der Waals surface area contributed by atoms with E-state index >= 15 is 0 Å². The number of fused-ring (bicyclic) bond motifs is 1.